The van der Waals surface area contributed by atoms with Gasteiger partial charge in [-0.3, -0.25) is 0 Å². The second-order valence-electron chi connectivity index (χ2n) is 0.811. The fourth-order valence-electron chi connectivity index (χ4n) is 0.127. The molecule has 0 aromatic carbocycles. The van der Waals surface area contributed by atoms with E-state index in [-0.39, 0.29) is 0 Å². The van der Waals surface area contributed by atoms with Crippen LogP contribution in [-0.2, 0) is 4.84 Å². The van der Waals surface area contributed by atoms with Gasteiger partial charge < -0.3 is 4.84 Å². The van der Waals surface area contributed by atoms with Gasteiger partial charge in [0.15, 0.2) is 0 Å². The van der Waals surface area contributed by atoms with Crippen LogP contribution in [0.4, 0.5) is 0 Å². The smallest absolute Gasteiger partial charge is 0.108 e. The Balaban J connectivity index is 3.46. The Morgan fingerprint density at radius 1 is 1.00 bits per heavy atom. The molecule has 54 valence electrons. The zero-order valence-corrected chi connectivity index (χ0v) is 5.04. The minimum absolute atomic E-state index is 1.31. The van der Waals surface area contributed by atoms with Gasteiger partial charge in [-0.2, -0.15) is 5.53 Å². The predicted octanol–water partition coefficient (Wildman–Crippen LogP) is 1.68. The van der Waals surface area contributed by atoms with E-state index in [2.05, 4.69) is 41.5 Å². The Bertz CT molecular complexity index is 157. The number of hydrogen-bond acceptors (Lipinski definition) is 3. The summed E-state index contributed by atoms with van der Waals surface area (Å²) in [6.07, 6.45) is 0. The molecule has 0 unspecified atom stereocenters. The first-order chi connectivity index (χ1) is 4.91. The molecular formula is CH4N8O. The molecule has 0 fully saturated rings. The van der Waals surface area contributed by atoms with Crippen LogP contribution in [0.25, 0.3) is 0 Å². The highest BCUT2D eigenvalue weighted by Crippen LogP contribution is 1.82. The standard InChI is InChI=1S/CH4N8O/c1-10-9-8-7-6-5-4-3-2/h2H,1H3. The van der Waals surface area contributed by atoms with Crippen LogP contribution in [-0.4, -0.2) is 7.11 Å². The van der Waals surface area contributed by atoms with Crippen LogP contribution in [0.2, 0.25) is 0 Å². The van der Waals surface area contributed by atoms with Crippen LogP contribution in [0.15, 0.2) is 36.6 Å². The number of rotatable bonds is 4. The molecule has 9 heteroatoms. The summed E-state index contributed by atoms with van der Waals surface area (Å²) < 4.78 is 0. The van der Waals surface area contributed by atoms with E-state index in [0.717, 1.165) is 0 Å². The molecule has 0 amide bonds. The van der Waals surface area contributed by atoms with Crippen molar-refractivity contribution in [2.45, 2.75) is 0 Å². The van der Waals surface area contributed by atoms with Crippen molar-refractivity contribution in [1.82, 2.24) is 0 Å². The second-order valence-corrected chi connectivity index (χ2v) is 0.811. The lowest BCUT2D eigenvalue weighted by Crippen LogP contribution is -1.58. The molecule has 0 bridgehead atoms. The number of hydrogen-bond donors (Lipinski definition) is 1. The lowest BCUT2D eigenvalue weighted by molar-refractivity contribution is 0.185. The quantitative estimate of drug-likeness (QED) is 0.468. The number of nitrogens with one attached hydrogen (secondary N) is 1. The summed E-state index contributed by atoms with van der Waals surface area (Å²) in [4.78, 5) is 4.12. The molecule has 10 heavy (non-hydrogen) atoms. The Hall–Kier alpha value is -1.80. The van der Waals surface area contributed by atoms with E-state index in [1.54, 1.807) is 0 Å². The van der Waals surface area contributed by atoms with Crippen molar-refractivity contribution >= 4 is 0 Å². The molecule has 0 rings (SSSR count). The molecule has 0 atom stereocenters. The minimum atomic E-state index is 1.31. The highest BCUT2D eigenvalue weighted by molar-refractivity contribution is 4.04. The van der Waals surface area contributed by atoms with E-state index < -0.39 is 0 Å². The molecule has 0 aromatic rings. The van der Waals surface area contributed by atoms with Gasteiger partial charge in [-0.15, -0.1) is 0 Å². The van der Waals surface area contributed by atoms with E-state index >= 15 is 0 Å². The van der Waals surface area contributed by atoms with E-state index in [0.29, 0.717) is 0 Å². The topological polar surface area (TPSA) is 120 Å². The molecule has 0 heterocycles. The third-order valence-corrected chi connectivity index (χ3v) is 0.323. The van der Waals surface area contributed by atoms with Crippen LogP contribution >= 0.6 is 0 Å². The van der Waals surface area contributed by atoms with Gasteiger partial charge in [-0.25, -0.2) is 0 Å². The predicted molar refractivity (Wildman–Crippen MR) is 26.7 cm³/mol. The van der Waals surface area contributed by atoms with Crippen LogP contribution in [0.1, 0.15) is 0 Å². The van der Waals surface area contributed by atoms with Crippen molar-refractivity contribution in [2.24, 2.45) is 36.6 Å². The van der Waals surface area contributed by atoms with Gasteiger partial charge in [-0.05, 0) is 15.7 Å². The molecule has 1 N–H and O–H groups in total. The molecule has 0 saturated carbocycles. The largest absolute Gasteiger partial charge is 0.381 e. The highest BCUT2D eigenvalue weighted by atomic mass is 16.6. The average molecular weight is 144 g/mol. The van der Waals surface area contributed by atoms with Gasteiger partial charge >= 0.3 is 0 Å². The van der Waals surface area contributed by atoms with Crippen molar-refractivity contribution in [3.05, 3.63) is 0 Å². The molecule has 0 aromatic heterocycles. The summed E-state index contributed by atoms with van der Waals surface area (Å²) >= 11 is 0. The first-order valence-electron chi connectivity index (χ1n) is 2.01. The molecule has 0 saturated heterocycles. The van der Waals surface area contributed by atoms with Crippen LogP contribution in [0.5, 0.6) is 0 Å². The monoisotopic (exact) mass is 144 g/mol. The lowest BCUT2D eigenvalue weighted by atomic mass is 11.7. The van der Waals surface area contributed by atoms with Crippen molar-refractivity contribution in [1.29, 1.82) is 5.53 Å². The Labute approximate surface area is 55.3 Å². The van der Waals surface area contributed by atoms with Crippen molar-refractivity contribution in [2.75, 3.05) is 7.11 Å². The first-order valence-corrected chi connectivity index (χ1v) is 2.01. The summed E-state index contributed by atoms with van der Waals surface area (Å²) in [5.41, 5.74) is 6.10. The second kappa shape index (κ2) is 7.20. The molecular weight excluding hydrogens is 140 g/mol. The third kappa shape index (κ3) is 6.20. The van der Waals surface area contributed by atoms with Gasteiger partial charge in [-0.1, -0.05) is 0 Å². The summed E-state index contributed by atoms with van der Waals surface area (Å²) in [5.74, 6) is 0. The van der Waals surface area contributed by atoms with Crippen molar-refractivity contribution in [3.63, 3.8) is 0 Å². The van der Waals surface area contributed by atoms with E-state index in [9.17, 15) is 0 Å². The maximum Gasteiger partial charge on any atom is 0.108 e. The summed E-state index contributed by atoms with van der Waals surface area (Å²) in [7, 11) is 1.31. The van der Waals surface area contributed by atoms with Gasteiger partial charge in [0.2, 0.25) is 0 Å². The molecule has 0 aliphatic carbocycles. The molecule has 0 aliphatic rings. The zero-order chi connectivity index (χ0) is 7.66. The molecule has 0 aliphatic heterocycles. The van der Waals surface area contributed by atoms with Gasteiger partial charge in [0.1, 0.15) is 7.11 Å². The van der Waals surface area contributed by atoms with Gasteiger partial charge in [0.25, 0.3) is 0 Å². The average Bonchev–Trinajstić information content (AvgIpc) is 1.97. The minimum Gasteiger partial charge on any atom is -0.381 e. The SMILES string of the molecule is CON=NN=NN=NN=N. The lowest BCUT2D eigenvalue weighted by Gasteiger charge is -1.73. The fourth-order valence-corrected chi connectivity index (χ4v) is 0.127. The normalized spacial score (nSPS) is 11.7. The zero-order valence-electron chi connectivity index (χ0n) is 5.04. The Morgan fingerprint density at radius 3 is 2.20 bits per heavy atom. The Kier molecular flexibility index (Phi) is 5.90. The van der Waals surface area contributed by atoms with E-state index in [1.165, 1.54) is 7.11 Å². The number of nitrogens with zero attached hydrogens (tertiary/aromatic N) is 7. The van der Waals surface area contributed by atoms with E-state index in [1.807, 2.05) is 0 Å². The maximum atomic E-state index is 6.10. The third-order valence-electron chi connectivity index (χ3n) is 0.323. The van der Waals surface area contributed by atoms with Crippen LogP contribution in [0, 0.1) is 5.53 Å². The van der Waals surface area contributed by atoms with E-state index in [4.69, 9.17) is 5.53 Å². The fraction of sp³-hybridized carbons (Fsp3) is 1.00. The van der Waals surface area contributed by atoms with Crippen molar-refractivity contribution in [3.8, 4) is 0 Å². The molecule has 0 spiro atoms. The molecule has 0 radical (unpaired) electrons. The summed E-state index contributed by atoms with van der Waals surface area (Å²) in [5, 5.41) is 20.0. The Morgan fingerprint density at radius 2 is 1.60 bits per heavy atom. The van der Waals surface area contributed by atoms with Crippen molar-refractivity contribution < 1.29 is 4.84 Å². The highest BCUT2D eigenvalue weighted by Gasteiger charge is 1.65. The summed E-state index contributed by atoms with van der Waals surface area (Å²) in [6, 6.07) is 0. The van der Waals surface area contributed by atoms with Gasteiger partial charge in [0.05, 0.1) is 0 Å². The maximum absolute atomic E-state index is 6.10. The molecule has 9 nitrogen and oxygen atoms in total. The first kappa shape index (κ1) is 8.20. The van der Waals surface area contributed by atoms with Gasteiger partial charge in [0, 0.05) is 20.9 Å². The summed E-state index contributed by atoms with van der Waals surface area (Å²) in [6.45, 7) is 0. The van der Waals surface area contributed by atoms with Crippen LogP contribution < -0.4 is 0 Å². The van der Waals surface area contributed by atoms with Crippen LogP contribution in [0.3, 0.4) is 0 Å².